The predicted octanol–water partition coefficient (Wildman–Crippen LogP) is 8.90. The van der Waals surface area contributed by atoms with E-state index in [9.17, 15) is 9.59 Å². The summed E-state index contributed by atoms with van der Waals surface area (Å²) in [6.45, 7) is 13.3. The molecule has 1 aromatic heterocycles. The lowest BCUT2D eigenvalue weighted by atomic mass is 9.75. The van der Waals surface area contributed by atoms with Gasteiger partial charge in [0.2, 0.25) is 6.10 Å². The first kappa shape index (κ1) is 31.8. The SMILES string of the molecule is CC(C)[C@@H]1CC[C@@H](C)C[C@H]1OC(=O)[C@H]1[C@@H](C(=O)O[C@@H]2C[C@H](C)CC[C@H]2C(C)C)OC(c2cccs2)=C[C@H]1c1ccccc1. The minimum absolute atomic E-state index is 0.170. The molecule has 2 saturated carbocycles. The van der Waals surface area contributed by atoms with Crippen LogP contribution in [0.15, 0.2) is 53.9 Å². The Bertz CT molecular complexity index is 1230. The summed E-state index contributed by atoms with van der Waals surface area (Å²) in [5.41, 5.74) is 0.961. The van der Waals surface area contributed by atoms with Crippen molar-refractivity contribution in [2.45, 2.75) is 104 Å². The Morgan fingerprint density at radius 2 is 1.37 bits per heavy atom. The van der Waals surface area contributed by atoms with E-state index >= 15 is 0 Å². The Kier molecular flexibility index (Phi) is 10.4. The predicted molar refractivity (Wildman–Crippen MR) is 172 cm³/mol. The molecule has 2 aromatic rings. The smallest absolute Gasteiger partial charge is 0.348 e. The molecule has 2 heterocycles. The molecule has 9 atom stereocenters. The maximum atomic E-state index is 14.4. The van der Waals surface area contributed by atoms with Crippen LogP contribution in [0, 0.1) is 41.4 Å². The average molecular weight is 607 g/mol. The number of hydrogen-bond donors (Lipinski definition) is 0. The summed E-state index contributed by atoms with van der Waals surface area (Å²) < 4.78 is 19.3. The van der Waals surface area contributed by atoms with Crippen LogP contribution in [0.5, 0.6) is 0 Å². The summed E-state index contributed by atoms with van der Waals surface area (Å²) in [6.07, 6.45) is 6.62. The van der Waals surface area contributed by atoms with Gasteiger partial charge in [-0.15, -0.1) is 11.3 Å². The fourth-order valence-electron chi connectivity index (χ4n) is 7.65. The highest BCUT2D eigenvalue weighted by atomic mass is 32.1. The van der Waals surface area contributed by atoms with Crippen molar-refractivity contribution in [3.8, 4) is 0 Å². The van der Waals surface area contributed by atoms with Gasteiger partial charge in [-0.2, -0.15) is 0 Å². The maximum Gasteiger partial charge on any atom is 0.348 e. The highest BCUT2D eigenvalue weighted by Crippen LogP contribution is 2.44. The number of benzene rings is 1. The number of carbonyl (C=O) groups is 2. The third-order valence-corrected chi connectivity index (χ3v) is 11.1. The monoisotopic (exact) mass is 606 g/mol. The minimum atomic E-state index is -1.09. The van der Waals surface area contributed by atoms with E-state index in [-0.39, 0.29) is 24.1 Å². The molecule has 0 radical (unpaired) electrons. The van der Waals surface area contributed by atoms with Crippen molar-refractivity contribution in [1.29, 1.82) is 0 Å². The standard InChI is InChI=1S/C37H50O5S/c1-22(2)27-16-14-24(5)19-30(27)41-36(38)34-29(26-11-8-7-9-12-26)21-32(33-13-10-18-43-33)40-35(34)37(39)42-31-20-25(6)15-17-28(31)23(3)4/h7-13,18,21-25,27-31,34-35H,14-17,19-20H2,1-6H3/t24-,25-,27+,28+,29+,30-,31-,34-,35+/m1/s1. The Balaban J connectivity index is 1.51. The number of rotatable bonds is 8. The van der Waals surface area contributed by atoms with Crippen molar-refractivity contribution in [1.82, 2.24) is 0 Å². The molecule has 0 bridgehead atoms. The van der Waals surface area contributed by atoms with Crippen LogP contribution in [0.1, 0.15) is 96.4 Å². The van der Waals surface area contributed by atoms with Gasteiger partial charge in [-0.05, 0) is 84.3 Å². The molecule has 2 aliphatic carbocycles. The molecule has 0 spiro atoms. The van der Waals surface area contributed by atoms with Gasteiger partial charge in [0.05, 0.1) is 4.88 Å². The van der Waals surface area contributed by atoms with Crippen molar-refractivity contribution in [2.75, 3.05) is 0 Å². The summed E-state index contributed by atoms with van der Waals surface area (Å²) >= 11 is 1.56. The second-order valence-electron chi connectivity index (χ2n) is 14.1. The van der Waals surface area contributed by atoms with Gasteiger partial charge in [0.15, 0.2) is 0 Å². The lowest BCUT2D eigenvalue weighted by Crippen LogP contribution is -2.48. The first-order chi connectivity index (χ1) is 20.6. The molecule has 3 aliphatic rings. The Morgan fingerprint density at radius 1 is 0.791 bits per heavy atom. The highest BCUT2D eigenvalue weighted by molar-refractivity contribution is 7.11. The summed E-state index contributed by atoms with van der Waals surface area (Å²) in [5, 5.41) is 2.00. The second-order valence-corrected chi connectivity index (χ2v) is 15.1. The van der Waals surface area contributed by atoms with Crippen molar-refractivity contribution < 1.29 is 23.8 Å². The summed E-state index contributed by atoms with van der Waals surface area (Å²) in [7, 11) is 0. The van der Waals surface area contributed by atoms with E-state index in [0.29, 0.717) is 41.3 Å². The van der Waals surface area contributed by atoms with Crippen LogP contribution < -0.4 is 0 Å². The lowest BCUT2D eigenvalue weighted by molar-refractivity contribution is -0.180. The average Bonchev–Trinajstić information content (AvgIpc) is 3.52. The lowest BCUT2D eigenvalue weighted by Gasteiger charge is -2.41. The van der Waals surface area contributed by atoms with Gasteiger partial charge in [0, 0.05) is 5.92 Å². The summed E-state index contributed by atoms with van der Waals surface area (Å²) in [6, 6.07) is 14.0. The van der Waals surface area contributed by atoms with Gasteiger partial charge in [0.25, 0.3) is 0 Å². The van der Waals surface area contributed by atoms with Crippen molar-refractivity contribution >= 4 is 29.0 Å². The maximum absolute atomic E-state index is 14.4. The Hall–Kier alpha value is -2.60. The zero-order chi connectivity index (χ0) is 30.7. The van der Waals surface area contributed by atoms with E-state index in [2.05, 4.69) is 41.5 Å². The zero-order valence-corrected chi connectivity index (χ0v) is 27.6. The number of ether oxygens (including phenoxy) is 3. The first-order valence-electron chi connectivity index (χ1n) is 16.5. The Morgan fingerprint density at radius 3 is 1.91 bits per heavy atom. The van der Waals surface area contributed by atoms with E-state index in [1.165, 1.54) is 0 Å². The van der Waals surface area contributed by atoms with Gasteiger partial charge in [-0.3, -0.25) is 4.79 Å². The third kappa shape index (κ3) is 7.38. The fourth-order valence-corrected chi connectivity index (χ4v) is 8.34. The second kappa shape index (κ2) is 14.0. The molecule has 234 valence electrons. The highest BCUT2D eigenvalue weighted by Gasteiger charge is 2.49. The molecule has 6 heteroatoms. The first-order valence-corrected chi connectivity index (χ1v) is 17.4. The molecule has 0 unspecified atom stereocenters. The quantitative estimate of drug-likeness (QED) is 0.281. The largest absolute Gasteiger partial charge is 0.477 e. The van der Waals surface area contributed by atoms with Gasteiger partial charge in [0.1, 0.15) is 23.9 Å². The van der Waals surface area contributed by atoms with Crippen LogP contribution in [-0.2, 0) is 23.8 Å². The van der Waals surface area contributed by atoms with Gasteiger partial charge < -0.3 is 14.2 Å². The molecule has 5 rings (SSSR count). The van der Waals surface area contributed by atoms with Crippen molar-refractivity contribution in [2.24, 2.45) is 41.4 Å². The topological polar surface area (TPSA) is 61.8 Å². The summed E-state index contributed by atoms with van der Waals surface area (Å²) in [4.78, 5) is 29.6. The number of carbonyl (C=O) groups excluding carboxylic acids is 2. The van der Waals surface area contributed by atoms with Crippen LogP contribution in [0.25, 0.3) is 5.76 Å². The third-order valence-electron chi connectivity index (χ3n) is 10.2. The molecule has 0 amide bonds. The van der Waals surface area contributed by atoms with Crippen molar-refractivity contribution in [3.05, 3.63) is 64.4 Å². The molecule has 2 fully saturated rings. The fraction of sp³-hybridized carbons (Fsp3) is 0.622. The van der Waals surface area contributed by atoms with E-state index in [4.69, 9.17) is 14.2 Å². The van der Waals surface area contributed by atoms with E-state index < -0.39 is 18.0 Å². The molecule has 0 saturated heterocycles. The van der Waals surface area contributed by atoms with Crippen LogP contribution >= 0.6 is 11.3 Å². The van der Waals surface area contributed by atoms with Gasteiger partial charge in [-0.25, -0.2) is 4.79 Å². The molecular weight excluding hydrogens is 556 g/mol. The normalized spacial score (nSPS) is 33.0. The van der Waals surface area contributed by atoms with Crippen LogP contribution in [0.2, 0.25) is 0 Å². The number of allylic oxidation sites excluding steroid dienone is 1. The zero-order valence-electron chi connectivity index (χ0n) is 26.7. The van der Waals surface area contributed by atoms with Crippen LogP contribution in [0.4, 0.5) is 0 Å². The summed E-state index contributed by atoms with van der Waals surface area (Å²) in [5.74, 6) is 0.964. The molecule has 5 nitrogen and oxygen atoms in total. The molecule has 1 aliphatic heterocycles. The molecule has 0 N–H and O–H groups in total. The molecule has 1 aromatic carbocycles. The van der Waals surface area contributed by atoms with Gasteiger partial charge >= 0.3 is 11.9 Å². The number of hydrogen-bond acceptors (Lipinski definition) is 6. The number of esters is 2. The van der Waals surface area contributed by atoms with Crippen molar-refractivity contribution in [3.63, 3.8) is 0 Å². The number of thiophene rings is 1. The Labute approximate surface area is 262 Å². The molecule has 43 heavy (non-hydrogen) atoms. The molecular formula is C37H50O5S. The van der Waals surface area contributed by atoms with E-state index in [1.54, 1.807) is 11.3 Å². The van der Waals surface area contributed by atoms with Crippen LogP contribution in [-0.4, -0.2) is 30.3 Å². The van der Waals surface area contributed by atoms with E-state index in [1.807, 2.05) is 53.9 Å². The van der Waals surface area contributed by atoms with Gasteiger partial charge in [-0.1, -0.05) is 90.8 Å². The minimum Gasteiger partial charge on any atom is -0.477 e. The van der Waals surface area contributed by atoms with Crippen LogP contribution in [0.3, 0.4) is 0 Å². The van der Waals surface area contributed by atoms with E-state index in [0.717, 1.165) is 49.0 Å².